The molecule has 1 atom stereocenters. The molecule has 1 aromatic rings. The Kier molecular flexibility index (Phi) is 3.42. The minimum Gasteiger partial charge on any atom is -0.361 e. The van der Waals surface area contributed by atoms with Crippen molar-refractivity contribution in [3.8, 4) is 0 Å². The predicted molar refractivity (Wildman–Crippen MR) is 76.2 cm³/mol. The van der Waals surface area contributed by atoms with Gasteiger partial charge in [-0.05, 0) is 37.4 Å². The van der Waals surface area contributed by atoms with Gasteiger partial charge in [-0.25, -0.2) is 0 Å². The van der Waals surface area contributed by atoms with Crippen LogP contribution < -0.4 is 16.0 Å². The molecule has 0 spiro atoms. The van der Waals surface area contributed by atoms with Crippen molar-refractivity contribution in [2.75, 3.05) is 24.5 Å². The van der Waals surface area contributed by atoms with Crippen molar-refractivity contribution in [2.24, 2.45) is 5.73 Å². The summed E-state index contributed by atoms with van der Waals surface area (Å²) in [5, 5.41) is 3.05. The first-order chi connectivity index (χ1) is 9.28. The normalized spacial score (nSPS) is 21.3. The first kappa shape index (κ1) is 12.5. The molecule has 1 amide bonds. The maximum absolute atomic E-state index is 11.9. The van der Waals surface area contributed by atoms with E-state index >= 15 is 0 Å². The van der Waals surface area contributed by atoms with Gasteiger partial charge in [-0.15, -0.1) is 0 Å². The summed E-state index contributed by atoms with van der Waals surface area (Å²) in [7, 11) is 0. The van der Waals surface area contributed by atoms with Crippen LogP contribution in [-0.4, -0.2) is 31.6 Å². The molecule has 0 saturated heterocycles. The van der Waals surface area contributed by atoms with Crippen molar-refractivity contribution in [1.82, 2.24) is 5.32 Å². The van der Waals surface area contributed by atoms with Gasteiger partial charge in [-0.1, -0.05) is 18.2 Å². The minimum absolute atomic E-state index is 0.144. The number of hydrogen-bond acceptors (Lipinski definition) is 3. The van der Waals surface area contributed by atoms with Gasteiger partial charge in [0.2, 0.25) is 5.91 Å². The van der Waals surface area contributed by atoms with Crippen LogP contribution in [0, 0.1) is 0 Å². The zero-order valence-corrected chi connectivity index (χ0v) is 11.1. The fourth-order valence-corrected chi connectivity index (χ4v) is 2.86. The number of fused-ring (bicyclic) bond motifs is 1. The summed E-state index contributed by atoms with van der Waals surface area (Å²) in [5.74, 6) is 0.612. The summed E-state index contributed by atoms with van der Waals surface area (Å²) in [6, 6.07) is 8.81. The molecule has 0 bridgehead atoms. The molecule has 3 rings (SSSR count). The van der Waals surface area contributed by atoms with Crippen LogP contribution in [0.1, 0.15) is 30.7 Å². The predicted octanol–water partition coefficient (Wildman–Crippen LogP) is 1.22. The lowest BCUT2D eigenvalue weighted by Gasteiger charge is -2.19. The zero-order valence-electron chi connectivity index (χ0n) is 11.1. The van der Waals surface area contributed by atoms with Gasteiger partial charge in [0.15, 0.2) is 0 Å². The highest BCUT2D eigenvalue weighted by atomic mass is 16.2. The maximum Gasteiger partial charge on any atom is 0.239 e. The van der Waals surface area contributed by atoms with E-state index in [4.69, 9.17) is 5.73 Å². The van der Waals surface area contributed by atoms with E-state index in [2.05, 4.69) is 28.4 Å². The summed E-state index contributed by atoms with van der Waals surface area (Å²) in [4.78, 5) is 14.1. The number of benzene rings is 1. The third-order valence-corrected chi connectivity index (χ3v) is 3.95. The zero-order chi connectivity index (χ0) is 13.2. The molecular formula is C15H21N3O. The average Bonchev–Trinajstić information content (AvgIpc) is 3.15. The van der Waals surface area contributed by atoms with E-state index in [-0.39, 0.29) is 5.91 Å². The number of hydrogen-bond donors (Lipinski definition) is 2. The third-order valence-electron chi connectivity index (χ3n) is 3.95. The van der Waals surface area contributed by atoms with Gasteiger partial charge in [-0.2, -0.15) is 0 Å². The van der Waals surface area contributed by atoms with Crippen LogP contribution in [0.3, 0.4) is 0 Å². The summed E-state index contributed by atoms with van der Waals surface area (Å²) in [5.41, 5.74) is 8.23. The van der Waals surface area contributed by atoms with Crippen LogP contribution in [0.4, 0.5) is 5.69 Å². The molecule has 1 fully saturated rings. The van der Waals surface area contributed by atoms with Crippen LogP contribution in [0.15, 0.2) is 24.3 Å². The minimum atomic E-state index is 0.144. The molecule has 4 heteroatoms. The van der Waals surface area contributed by atoms with E-state index in [1.807, 2.05) is 6.07 Å². The average molecular weight is 259 g/mol. The molecule has 1 unspecified atom stereocenters. The molecule has 2 aliphatic rings. The quantitative estimate of drug-likeness (QED) is 0.836. The maximum atomic E-state index is 11.9. The Bertz CT molecular complexity index is 470. The van der Waals surface area contributed by atoms with Crippen molar-refractivity contribution in [3.63, 3.8) is 0 Å². The van der Waals surface area contributed by atoms with Crippen molar-refractivity contribution in [1.29, 1.82) is 0 Å². The SMILES string of the molecule is NCCC1CN(CC(=O)NC2CC2)c2ccccc21. The second-order valence-electron chi connectivity index (χ2n) is 5.56. The molecule has 0 aromatic heterocycles. The van der Waals surface area contributed by atoms with Gasteiger partial charge in [0.1, 0.15) is 0 Å². The number of para-hydroxylation sites is 1. The Labute approximate surface area is 114 Å². The molecule has 19 heavy (non-hydrogen) atoms. The largest absolute Gasteiger partial charge is 0.361 e. The standard InChI is InChI=1S/C15H21N3O/c16-8-7-11-9-18(10-15(19)17-12-5-6-12)14-4-2-1-3-13(11)14/h1-4,11-12H,5-10,16H2,(H,17,19). The Morgan fingerprint density at radius 1 is 1.37 bits per heavy atom. The van der Waals surface area contributed by atoms with Gasteiger partial charge in [0.05, 0.1) is 6.54 Å². The van der Waals surface area contributed by atoms with Crippen molar-refractivity contribution in [3.05, 3.63) is 29.8 Å². The number of nitrogens with zero attached hydrogens (tertiary/aromatic N) is 1. The molecule has 1 aromatic carbocycles. The number of carbonyl (C=O) groups excluding carboxylic acids is 1. The lowest BCUT2D eigenvalue weighted by Crippen LogP contribution is -2.37. The van der Waals surface area contributed by atoms with E-state index in [1.165, 1.54) is 11.3 Å². The molecular weight excluding hydrogens is 238 g/mol. The number of anilines is 1. The third kappa shape index (κ3) is 2.73. The van der Waals surface area contributed by atoms with E-state index in [9.17, 15) is 4.79 Å². The number of nitrogens with one attached hydrogen (secondary N) is 1. The Morgan fingerprint density at radius 2 is 2.16 bits per heavy atom. The van der Waals surface area contributed by atoms with Gasteiger partial charge in [-0.3, -0.25) is 4.79 Å². The van der Waals surface area contributed by atoms with Crippen LogP contribution in [0.5, 0.6) is 0 Å². The van der Waals surface area contributed by atoms with Crippen LogP contribution in [0.2, 0.25) is 0 Å². The molecule has 1 saturated carbocycles. The fourth-order valence-electron chi connectivity index (χ4n) is 2.86. The Hall–Kier alpha value is -1.55. The van der Waals surface area contributed by atoms with E-state index < -0.39 is 0 Å². The molecule has 0 radical (unpaired) electrons. The van der Waals surface area contributed by atoms with Crippen LogP contribution in [0.25, 0.3) is 0 Å². The van der Waals surface area contributed by atoms with E-state index in [0.29, 0.717) is 25.0 Å². The lowest BCUT2D eigenvalue weighted by molar-refractivity contribution is -0.119. The summed E-state index contributed by atoms with van der Waals surface area (Å²) in [6.45, 7) is 2.07. The molecule has 4 nitrogen and oxygen atoms in total. The highest BCUT2D eigenvalue weighted by Gasteiger charge is 2.30. The Morgan fingerprint density at radius 3 is 2.89 bits per heavy atom. The van der Waals surface area contributed by atoms with Crippen molar-refractivity contribution < 1.29 is 4.79 Å². The molecule has 102 valence electrons. The summed E-state index contributed by atoms with van der Waals surface area (Å²) in [6.07, 6.45) is 3.26. The van der Waals surface area contributed by atoms with E-state index in [1.54, 1.807) is 0 Å². The summed E-state index contributed by atoms with van der Waals surface area (Å²) >= 11 is 0. The first-order valence-corrected chi connectivity index (χ1v) is 7.11. The molecule has 1 aliphatic carbocycles. The second kappa shape index (κ2) is 5.21. The highest BCUT2D eigenvalue weighted by Crippen LogP contribution is 2.37. The van der Waals surface area contributed by atoms with Gasteiger partial charge in [0.25, 0.3) is 0 Å². The van der Waals surface area contributed by atoms with Crippen molar-refractivity contribution in [2.45, 2.75) is 31.2 Å². The van der Waals surface area contributed by atoms with Gasteiger partial charge < -0.3 is 16.0 Å². The Balaban J connectivity index is 1.70. The molecule has 1 aliphatic heterocycles. The smallest absolute Gasteiger partial charge is 0.239 e. The molecule has 3 N–H and O–H groups in total. The number of nitrogens with two attached hydrogens (primary N) is 1. The van der Waals surface area contributed by atoms with Crippen molar-refractivity contribution >= 4 is 11.6 Å². The van der Waals surface area contributed by atoms with Crippen LogP contribution >= 0.6 is 0 Å². The van der Waals surface area contributed by atoms with Gasteiger partial charge in [0, 0.05) is 24.2 Å². The van der Waals surface area contributed by atoms with Gasteiger partial charge >= 0.3 is 0 Å². The topological polar surface area (TPSA) is 58.4 Å². The number of amides is 1. The fraction of sp³-hybridized carbons (Fsp3) is 0.533. The van der Waals surface area contributed by atoms with E-state index in [0.717, 1.165) is 25.8 Å². The summed E-state index contributed by atoms with van der Waals surface area (Å²) < 4.78 is 0. The second-order valence-corrected chi connectivity index (χ2v) is 5.56. The number of carbonyl (C=O) groups is 1. The lowest BCUT2D eigenvalue weighted by atomic mass is 9.98. The number of rotatable bonds is 5. The first-order valence-electron chi connectivity index (χ1n) is 7.11. The monoisotopic (exact) mass is 259 g/mol. The highest BCUT2D eigenvalue weighted by molar-refractivity contribution is 5.83. The molecule has 1 heterocycles. The van der Waals surface area contributed by atoms with Crippen LogP contribution in [-0.2, 0) is 4.79 Å².